The van der Waals surface area contributed by atoms with E-state index in [4.69, 9.17) is 0 Å². The van der Waals surface area contributed by atoms with Gasteiger partial charge >= 0.3 is 0 Å². The molecule has 2 amide bonds. The number of carbonyl (C=O) groups is 3. The van der Waals surface area contributed by atoms with Gasteiger partial charge in [-0.1, -0.05) is 58.0 Å². The van der Waals surface area contributed by atoms with E-state index in [2.05, 4.69) is 22.4 Å². The number of rotatable bonds is 9. The molecule has 2 aliphatic rings. The molecule has 6 nitrogen and oxygen atoms in total. The second-order valence-corrected chi connectivity index (χ2v) is 12.8. The zero-order valence-corrected chi connectivity index (χ0v) is 23.9. The highest BCUT2D eigenvalue weighted by Gasteiger charge is 2.49. The number of ketones is 1. The van der Waals surface area contributed by atoms with E-state index in [0.29, 0.717) is 12.8 Å². The number of nitrogens with one attached hydrogen (secondary N) is 1. The molecule has 1 N–H and O–H groups in total. The summed E-state index contributed by atoms with van der Waals surface area (Å²) in [7, 11) is 0. The van der Waals surface area contributed by atoms with E-state index in [1.807, 2.05) is 70.2 Å². The molecule has 0 radical (unpaired) electrons. The predicted molar refractivity (Wildman–Crippen MR) is 154 cm³/mol. The van der Waals surface area contributed by atoms with Crippen LogP contribution in [0.3, 0.4) is 0 Å². The number of pyridine rings is 1. The van der Waals surface area contributed by atoms with Crippen molar-refractivity contribution in [1.29, 1.82) is 0 Å². The van der Waals surface area contributed by atoms with E-state index in [1.165, 1.54) is 22.5 Å². The minimum Gasteiger partial charge on any atom is -0.342 e. The molecule has 3 aromatic rings. The van der Waals surface area contributed by atoms with Crippen molar-refractivity contribution in [3.8, 4) is 10.6 Å². The fraction of sp³-hybridized carbons (Fsp3) is 0.438. The Kier molecular flexibility index (Phi) is 7.98. The molecule has 7 heteroatoms. The fourth-order valence-corrected chi connectivity index (χ4v) is 7.09. The van der Waals surface area contributed by atoms with Gasteiger partial charge in [-0.05, 0) is 72.4 Å². The molecule has 2 aromatic heterocycles. The molecular formula is C32H37N3O3S. The molecule has 1 aliphatic carbocycles. The number of piperazine rings is 1. The molecule has 3 heterocycles. The van der Waals surface area contributed by atoms with Gasteiger partial charge in [0.25, 0.3) is 0 Å². The van der Waals surface area contributed by atoms with Crippen LogP contribution in [0.5, 0.6) is 0 Å². The number of nitrogens with zero attached hydrogens (tertiary/aromatic N) is 2. The van der Waals surface area contributed by atoms with Crippen LogP contribution in [-0.4, -0.2) is 39.6 Å². The van der Waals surface area contributed by atoms with Crippen molar-refractivity contribution in [1.82, 2.24) is 15.2 Å². The topological polar surface area (TPSA) is 79.4 Å². The van der Waals surface area contributed by atoms with Crippen LogP contribution in [-0.2, 0) is 27.2 Å². The van der Waals surface area contributed by atoms with Gasteiger partial charge in [0.15, 0.2) is 5.78 Å². The highest BCUT2D eigenvalue weighted by atomic mass is 32.1. The summed E-state index contributed by atoms with van der Waals surface area (Å²) in [6, 6.07) is 15.7. The van der Waals surface area contributed by atoms with Gasteiger partial charge in [-0.25, -0.2) is 0 Å². The number of hydrogen-bond acceptors (Lipinski definition) is 5. The molecule has 0 spiro atoms. The van der Waals surface area contributed by atoms with Crippen LogP contribution < -0.4 is 5.32 Å². The quantitative estimate of drug-likeness (QED) is 0.380. The van der Waals surface area contributed by atoms with Crippen molar-refractivity contribution in [3.63, 3.8) is 0 Å². The zero-order valence-electron chi connectivity index (χ0n) is 23.1. The van der Waals surface area contributed by atoms with Crippen molar-refractivity contribution in [2.24, 2.45) is 17.8 Å². The van der Waals surface area contributed by atoms with Crippen LogP contribution >= 0.6 is 11.3 Å². The Balaban J connectivity index is 1.55. The largest absolute Gasteiger partial charge is 0.342 e. The van der Waals surface area contributed by atoms with Crippen LogP contribution in [0.1, 0.15) is 62.6 Å². The average molecular weight is 544 g/mol. The summed E-state index contributed by atoms with van der Waals surface area (Å²) in [5.74, 6) is -0.0513. The summed E-state index contributed by atoms with van der Waals surface area (Å²) < 4.78 is 0. The van der Waals surface area contributed by atoms with Crippen LogP contribution in [0.25, 0.3) is 10.6 Å². The van der Waals surface area contributed by atoms with E-state index >= 15 is 0 Å². The molecule has 1 aliphatic heterocycles. The van der Waals surface area contributed by atoms with Crippen LogP contribution in [0, 0.1) is 17.8 Å². The summed E-state index contributed by atoms with van der Waals surface area (Å²) in [5.41, 5.74) is 3.28. The van der Waals surface area contributed by atoms with E-state index in [-0.39, 0.29) is 35.4 Å². The highest BCUT2D eigenvalue weighted by molar-refractivity contribution is 7.15. The maximum Gasteiger partial charge on any atom is 0.247 e. The summed E-state index contributed by atoms with van der Waals surface area (Å²) in [4.78, 5) is 49.9. The van der Waals surface area contributed by atoms with Crippen LogP contribution in [0.2, 0.25) is 0 Å². The molecule has 39 heavy (non-hydrogen) atoms. The van der Waals surface area contributed by atoms with Crippen molar-refractivity contribution in [2.75, 3.05) is 0 Å². The van der Waals surface area contributed by atoms with Gasteiger partial charge in [0.1, 0.15) is 18.1 Å². The lowest BCUT2D eigenvalue weighted by molar-refractivity contribution is -0.157. The maximum atomic E-state index is 14.4. The minimum absolute atomic E-state index is 0.0234. The van der Waals surface area contributed by atoms with Crippen molar-refractivity contribution >= 4 is 28.9 Å². The number of benzene rings is 1. The Morgan fingerprint density at radius 1 is 0.974 bits per heavy atom. The number of hydrogen-bond donors (Lipinski definition) is 1. The normalized spacial score (nSPS) is 20.4. The second kappa shape index (κ2) is 11.4. The smallest absolute Gasteiger partial charge is 0.247 e. The van der Waals surface area contributed by atoms with Gasteiger partial charge < -0.3 is 10.2 Å². The van der Waals surface area contributed by atoms with Crippen LogP contribution in [0.15, 0.2) is 60.8 Å². The zero-order chi connectivity index (χ0) is 27.7. The van der Waals surface area contributed by atoms with Gasteiger partial charge in [-0.3, -0.25) is 19.4 Å². The van der Waals surface area contributed by atoms with E-state index < -0.39 is 18.1 Å². The summed E-state index contributed by atoms with van der Waals surface area (Å²) in [6.45, 7) is 8.12. The first-order chi connectivity index (χ1) is 18.7. The third-order valence-electron chi connectivity index (χ3n) is 7.71. The standard InChI is InChI=1S/C32H37N3O3S/c1-19(2)15-25-31(37)34-29(23-17-21-9-5-6-10-22(21)18-23)32(38)35(25)30(26(36)16-20(3)4)28-13-12-27(39-28)24-11-7-8-14-33-24/h5-14,19-20,23,25,29-30H,15-18H2,1-4H3,(H,34,37)/t25-,29-,30+/m1/s1. The first kappa shape index (κ1) is 27.3. The van der Waals surface area contributed by atoms with E-state index in [9.17, 15) is 14.4 Å². The third kappa shape index (κ3) is 5.69. The number of Topliss-reactive ketones (excluding diaryl/α,β-unsaturated/α-hetero) is 1. The summed E-state index contributed by atoms with van der Waals surface area (Å²) in [5, 5.41) is 3.10. The molecule has 3 atom stereocenters. The lowest BCUT2D eigenvalue weighted by atomic mass is 9.87. The molecule has 1 saturated heterocycles. The summed E-state index contributed by atoms with van der Waals surface area (Å²) >= 11 is 1.48. The number of amides is 2. The molecular weight excluding hydrogens is 506 g/mol. The van der Waals surface area contributed by atoms with Gasteiger partial charge in [0.05, 0.1) is 10.6 Å². The maximum absolute atomic E-state index is 14.4. The Labute approximate surface area is 234 Å². The lowest BCUT2D eigenvalue weighted by Crippen LogP contribution is -2.66. The number of aromatic nitrogens is 1. The molecule has 5 rings (SSSR count). The predicted octanol–water partition coefficient (Wildman–Crippen LogP) is 5.62. The molecule has 0 saturated carbocycles. The SMILES string of the molecule is CC(C)CC(=O)[C@@H](c1ccc(-c2ccccn2)s1)N1C(=O)[C@@H](C2Cc3ccccc3C2)NC(=O)[C@H]1CC(C)C. The first-order valence-corrected chi connectivity index (χ1v) is 14.8. The Morgan fingerprint density at radius 2 is 1.67 bits per heavy atom. The molecule has 1 fully saturated rings. The third-order valence-corrected chi connectivity index (χ3v) is 8.87. The minimum atomic E-state index is -0.802. The molecule has 1 aromatic carbocycles. The molecule has 0 unspecified atom stereocenters. The van der Waals surface area contributed by atoms with E-state index in [0.717, 1.165) is 28.3 Å². The van der Waals surface area contributed by atoms with Gasteiger partial charge in [0, 0.05) is 17.5 Å². The Morgan fingerprint density at radius 3 is 2.28 bits per heavy atom. The van der Waals surface area contributed by atoms with Crippen molar-refractivity contribution < 1.29 is 14.4 Å². The number of thiophene rings is 1. The monoisotopic (exact) mass is 543 g/mol. The van der Waals surface area contributed by atoms with Crippen molar-refractivity contribution in [2.45, 2.75) is 71.5 Å². The molecule has 204 valence electrons. The van der Waals surface area contributed by atoms with Crippen molar-refractivity contribution in [3.05, 3.63) is 76.8 Å². The van der Waals surface area contributed by atoms with Gasteiger partial charge in [-0.2, -0.15) is 0 Å². The lowest BCUT2D eigenvalue weighted by Gasteiger charge is -2.44. The van der Waals surface area contributed by atoms with E-state index in [1.54, 1.807) is 11.1 Å². The van der Waals surface area contributed by atoms with Crippen LogP contribution in [0.4, 0.5) is 0 Å². The number of carbonyl (C=O) groups excluding carboxylic acids is 3. The van der Waals surface area contributed by atoms with Gasteiger partial charge in [0.2, 0.25) is 11.8 Å². The second-order valence-electron chi connectivity index (χ2n) is 11.7. The Bertz CT molecular complexity index is 1320. The molecule has 0 bridgehead atoms. The first-order valence-electron chi connectivity index (χ1n) is 14.0. The number of fused-ring (bicyclic) bond motifs is 1. The fourth-order valence-electron chi connectivity index (χ4n) is 5.98. The highest BCUT2D eigenvalue weighted by Crippen LogP contribution is 2.39. The Hall–Kier alpha value is -3.32. The summed E-state index contributed by atoms with van der Waals surface area (Å²) in [6.07, 6.45) is 4.06. The average Bonchev–Trinajstić information content (AvgIpc) is 3.55. The van der Waals surface area contributed by atoms with Gasteiger partial charge in [-0.15, -0.1) is 11.3 Å².